The predicted molar refractivity (Wildman–Crippen MR) is 52.4 cm³/mol. The summed E-state index contributed by atoms with van der Waals surface area (Å²) in [4.78, 5) is 2.57. The van der Waals surface area contributed by atoms with Gasteiger partial charge in [-0.2, -0.15) is 0 Å². The number of aliphatic hydroxyl groups is 1. The molecule has 0 aromatic rings. The van der Waals surface area contributed by atoms with Gasteiger partial charge in [-0.1, -0.05) is 0 Å². The maximum atomic E-state index is 8.79. The number of fused-ring (bicyclic) bond motifs is 2. The molecule has 3 heteroatoms. The molecule has 0 aromatic heterocycles. The molecule has 0 radical (unpaired) electrons. The Morgan fingerprint density at radius 3 is 2.38 bits per heavy atom. The van der Waals surface area contributed by atoms with Crippen molar-refractivity contribution < 1.29 is 5.11 Å². The average Bonchev–Trinajstić information content (AvgIpc) is 2.33. The lowest BCUT2D eigenvalue weighted by molar-refractivity contribution is 0.117. The molecule has 76 valence electrons. The van der Waals surface area contributed by atoms with Crippen molar-refractivity contribution in [2.24, 2.45) is 5.73 Å². The Labute approximate surface area is 79.9 Å². The van der Waals surface area contributed by atoms with Gasteiger partial charge in [0.1, 0.15) is 0 Å². The van der Waals surface area contributed by atoms with Gasteiger partial charge in [-0.15, -0.1) is 0 Å². The number of piperidine rings is 1. The van der Waals surface area contributed by atoms with Crippen LogP contribution in [0.4, 0.5) is 0 Å². The first-order chi connectivity index (χ1) is 6.31. The summed E-state index contributed by atoms with van der Waals surface area (Å²) in [5, 5.41) is 8.79. The lowest BCUT2D eigenvalue weighted by atomic mass is 9.98. The molecular formula is C10H20N2O. The fourth-order valence-electron chi connectivity index (χ4n) is 2.93. The maximum Gasteiger partial charge on any atom is 0.0443 e. The van der Waals surface area contributed by atoms with E-state index in [1.807, 2.05) is 0 Å². The average molecular weight is 184 g/mol. The summed E-state index contributed by atoms with van der Waals surface area (Å²) in [6.07, 6.45) is 5.90. The van der Waals surface area contributed by atoms with Gasteiger partial charge in [-0.05, 0) is 32.1 Å². The van der Waals surface area contributed by atoms with E-state index in [4.69, 9.17) is 10.8 Å². The molecule has 2 rings (SSSR count). The molecule has 2 saturated heterocycles. The van der Waals surface area contributed by atoms with Crippen LogP contribution in [0.15, 0.2) is 0 Å². The van der Waals surface area contributed by atoms with Gasteiger partial charge in [0.05, 0.1) is 0 Å². The summed E-state index contributed by atoms with van der Waals surface area (Å²) in [5.41, 5.74) is 5.97. The number of hydrogen-bond acceptors (Lipinski definition) is 3. The van der Waals surface area contributed by atoms with Crippen LogP contribution in [0.2, 0.25) is 0 Å². The molecule has 2 aliphatic heterocycles. The van der Waals surface area contributed by atoms with E-state index in [-0.39, 0.29) is 0 Å². The molecule has 2 aliphatic rings. The largest absolute Gasteiger partial charge is 0.396 e. The maximum absolute atomic E-state index is 8.79. The fraction of sp³-hybridized carbons (Fsp3) is 1.00. The smallest absolute Gasteiger partial charge is 0.0443 e. The molecule has 3 atom stereocenters. The molecule has 2 heterocycles. The van der Waals surface area contributed by atoms with E-state index in [9.17, 15) is 0 Å². The highest BCUT2D eigenvalue weighted by atomic mass is 16.3. The van der Waals surface area contributed by atoms with Crippen molar-refractivity contribution in [3.63, 3.8) is 0 Å². The van der Waals surface area contributed by atoms with Crippen LogP contribution >= 0.6 is 0 Å². The van der Waals surface area contributed by atoms with E-state index >= 15 is 0 Å². The third kappa shape index (κ3) is 1.87. The second-order valence-corrected chi connectivity index (χ2v) is 4.43. The van der Waals surface area contributed by atoms with Gasteiger partial charge in [-0.3, -0.25) is 4.90 Å². The summed E-state index contributed by atoms with van der Waals surface area (Å²) in [6, 6.07) is 1.88. The van der Waals surface area contributed by atoms with Crippen LogP contribution in [-0.2, 0) is 0 Å². The van der Waals surface area contributed by atoms with Crippen molar-refractivity contribution >= 4 is 0 Å². The number of rotatable bonds is 3. The first kappa shape index (κ1) is 9.44. The lowest BCUT2D eigenvalue weighted by Crippen LogP contribution is -2.47. The highest BCUT2D eigenvalue weighted by Gasteiger charge is 2.38. The van der Waals surface area contributed by atoms with Crippen LogP contribution in [0, 0.1) is 0 Å². The van der Waals surface area contributed by atoms with E-state index < -0.39 is 0 Å². The summed E-state index contributed by atoms with van der Waals surface area (Å²) in [6.45, 7) is 1.39. The second kappa shape index (κ2) is 3.95. The molecule has 0 spiro atoms. The topological polar surface area (TPSA) is 49.5 Å². The Bertz CT molecular complexity index is 160. The van der Waals surface area contributed by atoms with Crippen molar-refractivity contribution in [2.45, 2.75) is 50.2 Å². The predicted octanol–water partition coefficient (Wildman–Crippen LogP) is 0.323. The zero-order valence-electron chi connectivity index (χ0n) is 8.15. The van der Waals surface area contributed by atoms with Crippen molar-refractivity contribution in [2.75, 3.05) is 13.2 Å². The van der Waals surface area contributed by atoms with Gasteiger partial charge < -0.3 is 10.8 Å². The Morgan fingerprint density at radius 1 is 1.23 bits per heavy atom. The zero-order valence-corrected chi connectivity index (χ0v) is 8.15. The number of hydrogen-bond donors (Lipinski definition) is 2. The third-order valence-corrected chi connectivity index (χ3v) is 3.50. The van der Waals surface area contributed by atoms with Crippen LogP contribution in [0.5, 0.6) is 0 Å². The first-order valence-corrected chi connectivity index (χ1v) is 5.43. The number of nitrogens with two attached hydrogens (primary N) is 1. The third-order valence-electron chi connectivity index (χ3n) is 3.50. The quantitative estimate of drug-likeness (QED) is 0.664. The van der Waals surface area contributed by atoms with E-state index in [0.717, 1.165) is 25.0 Å². The van der Waals surface area contributed by atoms with Crippen molar-refractivity contribution in [1.29, 1.82) is 0 Å². The van der Waals surface area contributed by atoms with Gasteiger partial charge in [0, 0.05) is 31.3 Å². The Morgan fingerprint density at radius 2 is 1.85 bits per heavy atom. The van der Waals surface area contributed by atoms with Crippen LogP contribution < -0.4 is 5.73 Å². The Balaban J connectivity index is 1.90. The van der Waals surface area contributed by atoms with Gasteiger partial charge in [0.15, 0.2) is 0 Å². The molecule has 0 unspecified atom stereocenters. The van der Waals surface area contributed by atoms with Crippen LogP contribution in [0.25, 0.3) is 0 Å². The van der Waals surface area contributed by atoms with Gasteiger partial charge in [-0.25, -0.2) is 0 Å². The SMILES string of the molecule is N[C@H]1C[C@H]2CC[C@@H](C1)N2CCCO. The molecule has 0 saturated carbocycles. The van der Waals surface area contributed by atoms with Crippen LogP contribution in [0.1, 0.15) is 32.1 Å². The second-order valence-electron chi connectivity index (χ2n) is 4.43. The van der Waals surface area contributed by atoms with E-state index in [2.05, 4.69) is 4.90 Å². The van der Waals surface area contributed by atoms with Crippen LogP contribution in [-0.4, -0.2) is 41.3 Å². The van der Waals surface area contributed by atoms with E-state index in [1.54, 1.807) is 0 Å². The lowest BCUT2D eigenvalue weighted by Gasteiger charge is -2.37. The van der Waals surface area contributed by atoms with Gasteiger partial charge in [0.2, 0.25) is 0 Å². The molecule has 3 N–H and O–H groups in total. The van der Waals surface area contributed by atoms with Crippen molar-refractivity contribution in [1.82, 2.24) is 4.90 Å². The zero-order chi connectivity index (χ0) is 9.26. The first-order valence-electron chi connectivity index (χ1n) is 5.43. The van der Waals surface area contributed by atoms with Crippen molar-refractivity contribution in [3.05, 3.63) is 0 Å². The molecule has 0 aromatic carbocycles. The minimum Gasteiger partial charge on any atom is -0.396 e. The Hall–Kier alpha value is -0.120. The summed E-state index contributed by atoms with van der Waals surface area (Å²) >= 11 is 0. The normalized spacial score (nSPS) is 39.7. The Kier molecular flexibility index (Phi) is 2.86. The molecule has 3 nitrogen and oxygen atoms in total. The summed E-state index contributed by atoms with van der Waals surface area (Å²) in [7, 11) is 0. The summed E-state index contributed by atoms with van der Waals surface area (Å²) in [5.74, 6) is 0. The molecule has 0 aliphatic carbocycles. The fourth-order valence-corrected chi connectivity index (χ4v) is 2.93. The highest BCUT2D eigenvalue weighted by Crippen LogP contribution is 2.34. The molecule has 0 amide bonds. The standard InChI is InChI=1S/C10H20N2O/c11-8-6-9-2-3-10(7-8)12(9)4-1-5-13/h8-10,13H,1-7,11H2/t8-,9+,10-. The van der Waals surface area contributed by atoms with Gasteiger partial charge in [0.25, 0.3) is 0 Å². The molecular weight excluding hydrogens is 164 g/mol. The van der Waals surface area contributed by atoms with E-state index in [0.29, 0.717) is 12.6 Å². The monoisotopic (exact) mass is 184 g/mol. The molecule has 2 bridgehead atoms. The minimum atomic E-state index is 0.321. The number of aliphatic hydroxyl groups excluding tert-OH is 1. The van der Waals surface area contributed by atoms with Crippen molar-refractivity contribution in [3.8, 4) is 0 Å². The minimum absolute atomic E-state index is 0.321. The summed E-state index contributed by atoms with van der Waals surface area (Å²) < 4.78 is 0. The number of nitrogens with zero attached hydrogens (tertiary/aromatic N) is 1. The van der Waals surface area contributed by atoms with E-state index in [1.165, 1.54) is 25.7 Å². The van der Waals surface area contributed by atoms with Gasteiger partial charge >= 0.3 is 0 Å². The molecule has 13 heavy (non-hydrogen) atoms. The molecule has 2 fully saturated rings. The van der Waals surface area contributed by atoms with Crippen LogP contribution in [0.3, 0.4) is 0 Å². The highest BCUT2D eigenvalue weighted by molar-refractivity contribution is 4.96.